The molecule has 0 radical (unpaired) electrons. The van der Waals surface area contributed by atoms with Crippen LogP contribution in [0.5, 0.6) is 11.5 Å². The highest BCUT2D eigenvalue weighted by molar-refractivity contribution is 5.92. The van der Waals surface area contributed by atoms with Crippen molar-refractivity contribution in [1.82, 2.24) is 9.88 Å². The summed E-state index contributed by atoms with van der Waals surface area (Å²) in [6, 6.07) is 6.55. The molecule has 0 aliphatic carbocycles. The van der Waals surface area contributed by atoms with Crippen LogP contribution in [0, 0.1) is 17.0 Å². The summed E-state index contributed by atoms with van der Waals surface area (Å²) >= 11 is 0. The molecular weight excluding hydrogens is 354 g/mol. The van der Waals surface area contributed by atoms with Gasteiger partial charge in [-0.05, 0) is 42.4 Å². The molecule has 7 heteroatoms. The van der Waals surface area contributed by atoms with Crippen molar-refractivity contribution < 1.29 is 23.0 Å². The number of amides is 1. The highest BCUT2D eigenvalue weighted by Gasteiger charge is 2.35. The van der Waals surface area contributed by atoms with Crippen LogP contribution in [0.3, 0.4) is 0 Å². The molecule has 0 bridgehead atoms. The minimum atomic E-state index is -0.928. The molecule has 27 heavy (non-hydrogen) atoms. The summed E-state index contributed by atoms with van der Waals surface area (Å²) in [5, 5.41) is 0. The van der Waals surface area contributed by atoms with Gasteiger partial charge in [-0.25, -0.2) is 13.8 Å². The maximum Gasteiger partial charge on any atom is 0.275 e. The standard InChI is InChI=1S/C20H20F2N2O3/c1-20(9-13-3-4-16-17(7-13)27-12-26-16)5-2-6-24(11-20)19(25)18-15(22)8-14(21)10-23-18/h3-4,7-8,10H,2,5-6,9,11-12H2,1H3/t20-/m1/s1. The minimum absolute atomic E-state index is 0.155. The van der Waals surface area contributed by atoms with Crippen LogP contribution in [0.2, 0.25) is 0 Å². The number of halogens is 2. The van der Waals surface area contributed by atoms with Crippen LogP contribution in [-0.4, -0.2) is 35.7 Å². The Labute approximate surface area is 155 Å². The summed E-state index contributed by atoms with van der Waals surface area (Å²) in [6.45, 7) is 3.37. The molecule has 1 amide bonds. The molecule has 0 spiro atoms. The molecule has 0 N–H and O–H groups in total. The summed E-state index contributed by atoms with van der Waals surface area (Å²) in [7, 11) is 0. The second-order valence-electron chi connectivity index (χ2n) is 7.49. The molecule has 1 saturated heterocycles. The Morgan fingerprint density at radius 1 is 1.26 bits per heavy atom. The lowest BCUT2D eigenvalue weighted by Crippen LogP contribution is -2.46. The van der Waals surface area contributed by atoms with Gasteiger partial charge in [0.05, 0.1) is 6.20 Å². The Bertz CT molecular complexity index is 890. The number of piperidine rings is 1. The van der Waals surface area contributed by atoms with Crippen molar-refractivity contribution in [2.45, 2.75) is 26.2 Å². The van der Waals surface area contributed by atoms with Crippen LogP contribution in [-0.2, 0) is 6.42 Å². The van der Waals surface area contributed by atoms with Gasteiger partial charge in [-0.1, -0.05) is 13.0 Å². The second kappa shape index (κ2) is 6.79. The largest absolute Gasteiger partial charge is 0.454 e. The molecule has 2 aliphatic rings. The third-order valence-corrected chi connectivity index (χ3v) is 5.15. The highest BCUT2D eigenvalue weighted by atomic mass is 19.1. The molecule has 1 fully saturated rings. The van der Waals surface area contributed by atoms with Gasteiger partial charge in [0.15, 0.2) is 23.0 Å². The number of likely N-dealkylation sites (tertiary alicyclic amines) is 1. The maximum atomic E-state index is 13.9. The first-order valence-electron chi connectivity index (χ1n) is 8.92. The van der Waals surface area contributed by atoms with Gasteiger partial charge in [-0.2, -0.15) is 0 Å². The summed E-state index contributed by atoms with van der Waals surface area (Å²) in [6.07, 6.45) is 3.39. The number of fused-ring (bicyclic) bond motifs is 1. The van der Waals surface area contributed by atoms with E-state index >= 15 is 0 Å². The summed E-state index contributed by atoms with van der Waals surface area (Å²) in [5.74, 6) is -0.748. The molecule has 0 unspecified atom stereocenters. The minimum Gasteiger partial charge on any atom is -0.454 e. The van der Waals surface area contributed by atoms with E-state index in [1.165, 1.54) is 0 Å². The Kier molecular flexibility index (Phi) is 4.45. The van der Waals surface area contributed by atoms with E-state index < -0.39 is 17.5 Å². The van der Waals surface area contributed by atoms with Crippen molar-refractivity contribution in [2.24, 2.45) is 5.41 Å². The second-order valence-corrected chi connectivity index (χ2v) is 7.49. The number of benzene rings is 1. The zero-order valence-electron chi connectivity index (χ0n) is 15.0. The topological polar surface area (TPSA) is 51.7 Å². The van der Waals surface area contributed by atoms with Crippen LogP contribution in [0.4, 0.5) is 8.78 Å². The van der Waals surface area contributed by atoms with Gasteiger partial charge < -0.3 is 14.4 Å². The lowest BCUT2D eigenvalue weighted by Gasteiger charge is -2.40. The lowest BCUT2D eigenvalue weighted by atomic mass is 9.77. The third kappa shape index (κ3) is 3.59. The fourth-order valence-electron chi connectivity index (χ4n) is 3.90. The molecule has 1 aromatic carbocycles. The van der Waals surface area contributed by atoms with Gasteiger partial charge in [0, 0.05) is 19.2 Å². The van der Waals surface area contributed by atoms with Gasteiger partial charge in [0.2, 0.25) is 6.79 Å². The number of hydrogen-bond acceptors (Lipinski definition) is 4. The predicted octanol–water partition coefficient (Wildman–Crippen LogP) is 3.57. The zero-order valence-corrected chi connectivity index (χ0v) is 15.0. The number of nitrogens with zero attached hydrogens (tertiary/aromatic N) is 2. The Morgan fingerprint density at radius 3 is 2.89 bits per heavy atom. The molecule has 1 aromatic heterocycles. The molecule has 1 atom stereocenters. The fraction of sp³-hybridized carbons (Fsp3) is 0.400. The van der Waals surface area contributed by atoms with Gasteiger partial charge in [0.1, 0.15) is 5.82 Å². The van der Waals surface area contributed by atoms with Crippen LogP contribution >= 0.6 is 0 Å². The molecule has 5 nitrogen and oxygen atoms in total. The first-order chi connectivity index (χ1) is 12.9. The molecule has 142 valence electrons. The van der Waals surface area contributed by atoms with Crippen molar-refractivity contribution in [3.8, 4) is 11.5 Å². The van der Waals surface area contributed by atoms with E-state index in [1.807, 2.05) is 18.2 Å². The van der Waals surface area contributed by atoms with E-state index in [0.29, 0.717) is 19.2 Å². The van der Waals surface area contributed by atoms with Crippen LogP contribution in [0.15, 0.2) is 30.5 Å². The lowest BCUT2D eigenvalue weighted by molar-refractivity contribution is 0.0540. The first kappa shape index (κ1) is 17.7. The number of carbonyl (C=O) groups is 1. The molecule has 2 aliphatic heterocycles. The highest BCUT2D eigenvalue weighted by Crippen LogP contribution is 2.37. The quantitative estimate of drug-likeness (QED) is 0.824. The summed E-state index contributed by atoms with van der Waals surface area (Å²) in [4.78, 5) is 18.0. The third-order valence-electron chi connectivity index (χ3n) is 5.15. The van der Waals surface area contributed by atoms with Crippen molar-refractivity contribution in [3.63, 3.8) is 0 Å². The maximum absolute atomic E-state index is 13.9. The molecule has 0 saturated carbocycles. The Balaban J connectivity index is 1.50. The van der Waals surface area contributed by atoms with Gasteiger partial charge in [-0.3, -0.25) is 4.79 Å². The van der Waals surface area contributed by atoms with Crippen LogP contribution in [0.1, 0.15) is 35.8 Å². The Hall–Kier alpha value is -2.70. The number of pyridine rings is 1. The van der Waals surface area contributed by atoms with E-state index in [9.17, 15) is 13.6 Å². The van der Waals surface area contributed by atoms with Gasteiger partial charge in [-0.15, -0.1) is 0 Å². The fourth-order valence-corrected chi connectivity index (χ4v) is 3.90. The van der Waals surface area contributed by atoms with Crippen molar-refractivity contribution in [3.05, 3.63) is 53.4 Å². The van der Waals surface area contributed by atoms with E-state index in [2.05, 4.69) is 11.9 Å². The van der Waals surface area contributed by atoms with Gasteiger partial charge >= 0.3 is 0 Å². The molecular formula is C20H20F2N2O3. The number of carbonyl (C=O) groups excluding carboxylic acids is 1. The number of aromatic nitrogens is 1. The molecule has 2 aromatic rings. The predicted molar refractivity (Wildman–Crippen MR) is 93.7 cm³/mol. The van der Waals surface area contributed by atoms with E-state index in [0.717, 1.165) is 42.5 Å². The average molecular weight is 374 g/mol. The number of ether oxygens (including phenoxy) is 2. The smallest absolute Gasteiger partial charge is 0.275 e. The average Bonchev–Trinajstić information content (AvgIpc) is 3.08. The van der Waals surface area contributed by atoms with E-state index in [1.54, 1.807) is 4.90 Å². The number of hydrogen-bond donors (Lipinski definition) is 0. The zero-order chi connectivity index (χ0) is 19.0. The van der Waals surface area contributed by atoms with Crippen molar-refractivity contribution in [1.29, 1.82) is 0 Å². The van der Waals surface area contributed by atoms with E-state index in [4.69, 9.17) is 9.47 Å². The normalized spacial score (nSPS) is 21.4. The Morgan fingerprint density at radius 2 is 2.07 bits per heavy atom. The first-order valence-corrected chi connectivity index (χ1v) is 8.92. The van der Waals surface area contributed by atoms with Crippen LogP contribution < -0.4 is 9.47 Å². The number of rotatable bonds is 3. The molecule has 4 rings (SSSR count). The van der Waals surface area contributed by atoms with Crippen molar-refractivity contribution >= 4 is 5.91 Å². The SMILES string of the molecule is C[C@]1(Cc2ccc3c(c2)OCO3)CCCN(C(=O)c2ncc(F)cc2F)C1. The summed E-state index contributed by atoms with van der Waals surface area (Å²) in [5.41, 5.74) is 0.615. The summed E-state index contributed by atoms with van der Waals surface area (Å²) < 4.78 is 37.8. The van der Waals surface area contributed by atoms with Crippen LogP contribution in [0.25, 0.3) is 0 Å². The van der Waals surface area contributed by atoms with E-state index in [-0.39, 0.29) is 17.9 Å². The molecule has 3 heterocycles. The monoisotopic (exact) mass is 374 g/mol. The van der Waals surface area contributed by atoms with Gasteiger partial charge in [0.25, 0.3) is 5.91 Å². The van der Waals surface area contributed by atoms with Crippen molar-refractivity contribution in [2.75, 3.05) is 19.9 Å².